The maximum Gasteiger partial charge on any atom is 0.417 e. The normalized spacial score (nSPS) is 25.7. The highest BCUT2D eigenvalue weighted by Gasteiger charge is 2.56. The number of aliphatic hydroxyl groups is 2. The van der Waals surface area contributed by atoms with Gasteiger partial charge in [0.15, 0.2) is 29.7 Å². The number of nitrogens with two attached hydrogens (primary N) is 1. The van der Waals surface area contributed by atoms with E-state index < -0.39 is 42.6 Å². The van der Waals surface area contributed by atoms with Crippen LogP contribution in [0.1, 0.15) is 26.0 Å². The fraction of sp³-hybridized carbons (Fsp3) is 0.688. The Bertz CT molecular complexity index is 978. The minimum atomic E-state index is -5.19. The van der Waals surface area contributed by atoms with Crippen molar-refractivity contribution in [2.45, 2.75) is 63.2 Å². The number of nitrogens with zero attached hydrogens (tertiary/aromatic N) is 4. The van der Waals surface area contributed by atoms with E-state index in [9.17, 15) is 32.6 Å². The van der Waals surface area contributed by atoms with Crippen molar-refractivity contribution in [2.24, 2.45) is 0 Å². The minimum Gasteiger partial charge on any atom is -0.479 e. The van der Waals surface area contributed by atoms with E-state index in [1.165, 1.54) is 11.7 Å². The Morgan fingerprint density at radius 1 is 1.37 bits per heavy atom. The lowest BCUT2D eigenvalue weighted by Crippen LogP contribution is -2.44. The van der Waals surface area contributed by atoms with Crippen LogP contribution in [0.15, 0.2) is 4.79 Å². The van der Waals surface area contributed by atoms with Gasteiger partial charge in [-0.1, -0.05) is 13.3 Å². The van der Waals surface area contributed by atoms with Gasteiger partial charge in [0.05, 0.1) is 7.11 Å². The van der Waals surface area contributed by atoms with Crippen LogP contribution in [-0.4, -0.2) is 67.1 Å². The molecule has 3 rings (SSSR count). The van der Waals surface area contributed by atoms with Crippen molar-refractivity contribution >= 4 is 17.1 Å². The number of hydrogen-bond acceptors (Lipinski definition) is 8. The van der Waals surface area contributed by atoms with Gasteiger partial charge in [-0.3, -0.25) is 4.57 Å². The number of nitrogen functional groups attached to an aromatic ring is 1. The summed E-state index contributed by atoms with van der Waals surface area (Å²) < 4.78 is 65.0. The van der Waals surface area contributed by atoms with Gasteiger partial charge in [0, 0.05) is 6.54 Å². The molecule has 1 aliphatic heterocycles. The fourth-order valence-corrected chi connectivity index (χ4v) is 3.37. The van der Waals surface area contributed by atoms with Crippen molar-refractivity contribution in [2.75, 3.05) is 12.8 Å². The molecule has 5 atom stereocenters. The van der Waals surface area contributed by atoms with Crippen LogP contribution in [-0.2, 0) is 11.3 Å². The van der Waals surface area contributed by atoms with E-state index in [0.29, 0.717) is 17.4 Å². The highest BCUT2D eigenvalue weighted by Crippen LogP contribution is 2.38. The Hall–Kier alpha value is -2.45. The van der Waals surface area contributed by atoms with E-state index >= 15 is 0 Å². The number of aromatic nitrogens is 4. The first kappa shape index (κ1) is 22.2. The molecule has 0 aliphatic carbocycles. The molecule has 2 aromatic rings. The molecule has 10 nitrogen and oxygen atoms in total. The van der Waals surface area contributed by atoms with Crippen LogP contribution >= 0.6 is 0 Å². The third-order valence-corrected chi connectivity index (χ3v) is 4.84. The number of ether oxygens (including phenoxy) is 2. The number of rotatable bonds is 6. The standard InChI is InChI=1S/C16H21F4N5O5/c1-3-4-5-24-7-11(22-14(21)23-12(7)29-2)25(15(24)28)13-8(26)6(17)9(30-13)10(27)16(18,19)20/h6,8-10,13,26-27H,3-5H2,1-2H3,(H2,21,22,23)/t6-,8-,9+,10-,13-/m1/s1. The summed E-state index contributed by atoms with van der Waals surface area (Å²) in [6.07, 6.45) is -16.3. The average Bonchev–Trinajstić information content (AvgIpc) is 3.11. The predicted molar refractivity (Wildman–Crippen MR) is 94.5 cm³/mol. The van der Waals surface area contributed by atoms with Gasteiger partial charge >= 0.3 is 11.9 Å². The Balaban J connectivity index is 2.17. The number of alkyl halides is 4. The largest absolute Gasteiger partial charge is 0.479 e. The van der Waals surface area contributed by atoms with Gasteiger partial charge in [-0.15, -0.1) is 0 Å². The van der Waals surface area contributed by atoms with E-state index in [2.05, 4.69) is 9.97 Å². The molecule has 0 aromatic carbocycles. The molecule has 0 radical (unpaired) electrons. The number of anilines is 1. The van der Waals surface area contributed by atoms with Crippen molar-refractivity contribution in [1.82, 2.24) is 19.1 Å². The lowest BCUT2D eigenvalue weighted by Gasteiger charge is -2.22. The second-order valence-electron chi connectivity index (χ2n) is 6.83. The highest BCUT2D eigenvalue weighted by atomic mass is 19.4. The second kappa shape index (κ2) is 8.00. The van der Waals surface area contributed by atoms with Gasteiger partial charge in [0.1, 0.15) is 12.2 Å². The zero-order valence-electron chi connectivity index (χ0n) is 16.0. The number of unbranched alkanes of at least 4 members (excludes halogenated alkanes) is 1. The second-order valence-corrected chi connectivity index (χ2v) is 6.83. The summed E-state index contributed by atoms with van der Waals surface area (Å²) >= 11 is 0. The van der Waals surface area contributed by atoms with Crippen molar-refractivity contribution < 1.29 is 37.2 Å². The summed E-state index contributed by atoms with van der Waals surface area (Å²) in [6.45, 7) is 2.04. The fourth-order valence-electron chi connectivity index (χ4n) is 3.37. The monoisotopic (exact) mass is 439 g/mol. The maximum atomic E-state index is 14.4. The van der Waals surface area contributed by atoms with Gasteiger partial charge in [-0.05, 0) is 6.42 Å². The van der Waals surface area contributed by atoms with Gasteiger partial charge < -0.3 is 25.4 Å². The van der Waals surface area contributed by atoms with Crippen molar-refractivity contribution in [1.29, 1.82) is 0 Å². The molecular weight excluding hydrogens is 418 g/mol. The van der Waals surface area contributed by atoms with E-state index in [1.54, 1.807) is 0 Å². The number of methoxy groups -OCH3 is 1. The number of halogens is 4. The maximum absolute atomic E-state index is 14.4. The Morgan fingerprint density at radius 3 is 2.60 bits per heavy atom. The molecule has 0 unspecified atom stereocenters. The van der Waals surface area contributed by atoms with Crippen molar-refractivity contribution in [3.8, 4) is 5.88 Å². The zero-order chi connectivity index (χ0) is 22.4. The lowest BCUT2D eigenvalue weighted by atomic mass is 10.1. The molecule has 14 heteroatoms. The summed E-state index contributed by atoms with van der Waals surface area (Å²) in [4.78, 5) is 20.9. The molecule has 3 heterocycles. The van der Waals surface area contributed by atoms with E-state index in [1.807, 2.05) is 6.92 Å². The first-order valence-corrected chi connectivity index (χ1v) is 9.07. The predicted octanol–water partition coefficient (Wildman–Crippen LogP) is 0.503. The molecule has 2 aromatic heterocycles. The molecule has 1 fully saturated rings. The van der Waals surface area contributed by atoms with Crippen LogP contribution in [0, 0.1) is 0 Å². The van der Waals surface area contributed by atoms with Gasteiger partial charge in [0.25, 0.3) is 0 Å². The molecule has 1 saturated heterocycles. The Morgan fingerprint density at radius 2 is 2.03 bits per heavy atom. The molecule has 30 heavy (non-hydrogen) atoms. The molecule has 0 amide bonds. The smallest absolute Gasteiger partial charge is 0.417 e. The lowest BCUT2D eigenvalue weighted by molar-refractivity contribution is -0.241. The SMILES string of the molecule is CCCCn1c(=O)n([C@@H]2O[C@H]([C@@H](O)C(F)(F)F)[C@H](F)[C@H]2O)c2nc(N)nc(OC)c21. The number of aryl methyl sites for hydroxylation is 1. The van der Waals surface area contributed by atoms with Crippen molar-refractivity contribution in [3.63, 3.8) is 0 Å². The third-order valence-electron chi connectivity index (χ3n) is 4.84. The number of fused-ring (bicyclic) bond motifs is 1. The average molecular weight is 439 g/mol. The molecule has 168 valence electrons. The van der Waals surface area contributed by atoms with E-state index in [-0.39, 0.29) is 29.5 Å². The molecule has 4 N–H and O–H groups in total. The summed E-state index contributed by atoms with van der Waals surface area (Å²) in [5.41, 5.74) is 4.65. The summed E-state index contributed by atoms with van der Waals surface area (Å²) in [5, 5.41) is 19.6. The number of hydrogen-bond donors (Lipinski definition) is 3. The van der Waals surface area contributed by atoms with Gasteiger partial charge in [-0.2, -0.15) is 23.1 Å². The molecule has 1 aliphatic rings. The zero-order valence-corrected chi connectivity index (χ0v) is 16.0. The molecular formula is C16H21F4N5O5. The highest BCUT2D eigenvalue weighted by molar-refractivity contribution is 5.78. The van der Waals surface area contributed by atoms with Crippen LogP contribution in [0.4, 0.5) is 23.5 Å². The Kier molecular flexibility index (Phi) is 5.93. The van der Waals surface area contributed by atoms with Crippen LogP contribution < -0.4 is 16.2 Å². The van der Waals surface area contributed by atoms with E-state index in [0.717, 1.165) is 0 Å². The summed E-state index contributed by atoms with van der Waals surface area (Å²) in [5.74, 6) is -0.405. The van der Waals surface area contributed by atoms with Crippen molar-refractivity contribution in [3.05, 3.63) is 10.5 Å². The quantitative estimate of drug-likeness (QED) is 0.554. The Labute approximate surface area is 166 Å². The molecule has 0 saturated carbocycles. The summed E-state index contributed by atoms with van der Waals surface area (Å²) in [6, 6.07) is 0. The van der Waals surface area contributed by atoms with Crippen LogP contribution in [0.25, 0.3) is 11.2 Å². The third kappa shape index (κ3) is 3.58. The van der Waals surface area contributed by atoms with Crippen LogP contribution in [0.3, 0.4) is 0 Å². The molecule has 0 bridgehead atoms. The van der Waals surface area contributed by atoms with Gasteiger partial charge in [-0.25, -0.2) is 13.8 Å². The summed E-state index contributed by atoms with van der Waals surface area (Å²) in [7, 11) is 1.27. The van der Waals surface area contributed by atoms with E-state index in [4.69, 9.17) is 15.2 Å². The minimum absolute atomic E-state index is 0.0659. The van der Waals surface area contributed by atoms with Gasteiger partial charge in [0.2, 0.25) is 11.8 Å². The first-order valence-electron chi connectivity index (χ1n) is 9.07. The topological polar surface area (TPSA) is 138 Å². The first-order chi connectivity index (χ1) is 14.0. The van der Waals surface area contributed by atoms with Crippen LogP contribution in [0.5, 0.6) is 5.88 Å². The molecule has 0 spiro atoms. The number of imidazole rings is 1. The number of aliphatic hydroxyl groups excluding tert-OH is 2. The van der Waals surface area contributed by atoms with Crippen LogP contribution in [0.2, 0.25) is 0 Å².